The number of aryl methyl sites for hydroxylation is 1. The highest BCUT2D eigenvalue weighted by molar-refractivity contribution is 5.73. The largest absolute Gasteiger partial charge is 0.493 e. The predicted molar refractivity (Wildman–Crippen MR) is 92.2 cm³/mol. The van der Waals surface area contributed by atoms with E-state index in [0.717, 1.165) is 9.13 Å². The summed E-state index contributed by atoms with van der Waals surface area (Å²) in [6.45, 7) is -0.975. The predicted octanol–water partition coefficient (Wildman–Crippen LogP) is -2.73. The molecule has 0 aromatic carbocycles. The van der Waals surface area contributed by atoms with Crippen LogP contribution in [0.5, 0.6) is 5.88 Å². The van der Waals surface area contributed by atoms with E-state index in [9.17, 15) is 29.4 Å². The van der Waals surface area contributed by atoms with Gasteiger partial charge >= 0.3 is 11.4 Å². The number of hydrogen-bond donors (Lipinski definition) is 6. The van der Waals surface area contributed by atoms with Crippen LogP contribution in [0.4, 0.5) is 11.6 Å². The van der Waals surface area contributed by atoms with Crippen molar-refractivity contribution in [2.45, 2.75) is 12.6 Å². The lowest BCUT2D eigenvalue weighted by molar-refractivity contribution is 0.0824. The van der Waals surface area contributed by atoms with E-state index in [1.165, 1.54) is 7.05 Å². The Balaban J connectivity index is 2.24. The highest BCUT2D eigenvalue weighted by Gasteiger charge is 2.19. The van der Waals surface area contributed by atoms with E-state index >= 15 is 0 Å². The van der Waals surface area contributed by atoms with E-state index in [-0.39, 0.29) is 23.7 Å². The van der Waals surface area contributed by atoms with Crippen LogP contribution in [-0.4, -0.2) is 57.1 Å². The molecule has 15 heteroatoms. The molecule has 0 aliphatic rings. The lowest BCUT2D eigenvalue weighted by atomic mass is 10.3. The average molecular weight is 394 g/mol. The van der Waals surface area contributed by atoms with Crippen molar-refractivity contribution in [2.24, 2.45) is 17.3 Å². The SMILES string of the molecule is Cn1c(=O)[nH]c(=O)c2c1nc(N=Nc1c(O)[nH]c(=O)[nH]c1=O)n2C[C@@H](O)CO. The molecular weight excluding hydrogens is 380 g/mol. The fourth-order valence-electron chi connectivity index (χ4n) is 2.40. The number of rotatable bonds is 5. The van der Waals surface area contributed by atoms with Gasteiger partial charge in [-0.1, -0.05) is 0 Å². The molecule has 3 rings (SSSR count). The second kappa shape index (κ2) is 7.05. The standard InChI is InChI=1S/C13H14N8O7/c1-20-7-6(10(26)17-13(20)28)21(2-4(23)3-22)11(14-7)19-18-5-8(24)15-12(27)16-9(5)25/h4,22-23H,2-3H2,1H3,(H,17,26,28)(H3,15,16,24,25,27)/t4-/m1/s1. The van der Waals surface area contributed by atoms with Gasteiger partial charge in [-0.25, -0.2) is 9.59 Å². The second-order valence-electron chi connectivity index (χ2n) is 5.65. The van der Waals surface area contributed by atoms with Gasteiger partial charge in [0.05, 0.1) is 19.3 Å². The van der Waals surface area contributed by atoms with Crippen LogP contribution < -0.4 is 22.5 Å². The number of hydrogen-bond acceptors (Lipinski definition) is 10. The zero-order chi connectivity index (χ0) is 20.6. The third kappa shape index (κ3) is 3.26. The number of H-pyrrole nitrogens is 3. The quantitative estimate of drug-likeness (QED) is 0.249. The fourth-order valence-corrected chi connectivity index (χ4v) is 2.40. The molecule has 148 valence electrons. The number of fused-ring (bicyclic) bond motifs is 1. The molecule has 6 N–H and O–H groups in total. The Labute approximate surface area is 152 Å². The van der Waals surface area contributed by atoms with E-state index in [2.05, 4.69) is 20.2 Å². The van der Waals surface area contributed by atoms with Gasteiger partial charge in [0.15, 0.2) is 11.2 Å². The Morgan fingerprint density at radius 3 is 2.46 bits per heavy atom. The monoisotopic (exact) mass is 394 g/mol. The number of aliphatic hydroxyl groups is 2. The lowest BCUT2D eigenvalue weighted by Crippen LogP contribution is -2.30. The molecule has 1 atom stereocenters. The summed E-state index contributed by atoms with van der Waals surface area (Å²) in [5.41, 5.74) is -4.42. The molecule has 0 aliphatic carbocycles. The molecule has 0 saturated heterocycles. The summed E-state index contributed by atoms with van der Waals surface area (Å²) in [6, 6.07) is 0. The van der Waals surface area contributed by atoms with Crippen molar-refractivity contribution in [3.8, 4) is 5.88 Å². The van der Waals surface area contributed by atoms with Gasteiger partial charge in [-0.15, -0.1) is 10.2 Å². The third-order valence-corrected chi connectivity index (χ3v) is 3.73. The molecule has 0 fully saturated rings. The van der Waals surface area contributed by atoms with Crippen LogP contribution in [0, 0.1) is 0 Å². The minimum absolute atomic E-state index is 0.0903. The molecule has 3 aromatic heterocycles. The first kappa shape index (κ1) is 18.9. The number of imidazole rings is 1. The van der Waals surface area contributed by atoms with E-state index in [0.29, 0.717) is 0 Å². The van der Waals surface area contributed by atoms with Gasteiger partial charge in [-0.2, -0.15) is 4.98 Å². The van der Waals surface area contributed by atoms with E-state index < -0.39 is 46.8 Å². The molecule has 3 heterocycles. The van der Waals surface area contributed by atoms with Gasteiger partial charge in [0.25, 0.3) is 17.1 Å². The number of azo groups is 1. The number of aromatic amines is 3. The number of nitrogens with one attached hydrogen (secondary N) is 3. The highest BCUT2D eigenvalue weighted by atomic mass is 16.3. The molecule has 0 aliphatic heterocycles. The number of aromatic nitrogens is 6. The minimum atomic E-state index is -1.30. The average Bonchev–Trinajstić information content (AvgIpc) is 2.97. The summed E-state index contributed by atoms with van der Waals surface area (Å²) in [7, 11) is 1.33. The molecule has 0 bridgehead atoms. The summed E-state index contributed by atoms with van der Waals surface area (Å²) in [4.78, 5) is 56.6. The van der Waals surface area contributed by atoms with Gasteiger partial charge in [0, 0.05) is 7.05 Å². The van der Waals surface area contributed by atoms with Gasteiger partial charge in [-0.05, 0) is 0 Å². The molecule has 0 unspecified atom stereocenters. The first-order chi connectivity index (χ1) is 13.2. The highest BCUT2D eigenvalue weighted by Crippen LogP contribution is 2.23. The zero-order valence-electron chi connectivity index (χ0n) is 14.2. The molecular formula is C13H14N8O7. The van der Waals surface area contributed by atoms with Crippen molar-refractivity contribution in [2.75, 3.05) is 6.61 Å². The van der Waals surface area contributed by atoms with Crippen molar-refractivity contribution >= 4 is 22.8 Å². The molecule has 0 radical (unpaired) electrons. The maximum Gasteiger partial charge on any atom is 0.329 e. The van der Waals surface area contributed by atoms with Crippen LogP contribution in [0.25, 0.3) is 11.2 Å². The molecule has 15 nitrogen and oxygen atoms in total. The Kier molecular flexibility index (Phi) is 4.76. The molecule has 0 spiro atoms. The van der Waals surface area contributed by atoms with Gasteiger partial charge in [-0.3, -0.25) is 33.7 Å². The van der Waals surface area contributed by atoms with Crippen molar-refractivity contribution in [3.63, 3.8) is 0 Å². The summed E-state index contributed by atoms with van der Waals surface area (Å²) in [5, 5.41) is 35.7. The van der Waals surface area contributed by atoms with Crippen LogP contribution in [0.15, 0.2) is 29.4 Å². The van der Waals surface area contributed by atoms with Crippen LogP contribution in [0.1, 0.15) is 0 Å². The van der Waals surface area contributed by atoms with E-state index in [1.54, 1.807) is 0 Å². The Hall–Kier alpha value is -3.85. The molecule has 0 amide bonds. The Morgan fingerprint density at radius 1 is 1.11 bits per heavy atom. The van der Waals surface area contributed by atoms with Crippen molar-refractivity contribution in [1.29, 1.82) is 0 Å². The van der Waals surface area contributed by atoms with Crippen LogP contribution in [0.2, 0.25) is 0 Å². The van der Waals surface area contributed by atoms with Crippen LogP contribution >= 0.6 is 0 Å². The normalized spacial score (nSPS) is 12.8. The Bertz CT molecular complexity index is 1310. The molecule has 28 heavy (non-hydrogen) atoms. The first-order valence-electron chi connectivity index (χ1n) is 7.68. The second-order valence-corrected chi connectivity index (χ2v) is 5.65. The van der Waals surface area contributed by atoms with Gasteiger partial charge in [0.1, 0.15) is 0 Å². The lowest BCUT2D eigenvalue weighted by Gasteiger charge is -2.09. The van der Waals surface area contributed by atoms with Gasteiger partial charge in [0.2, 0.25) is 11.6 Å². The van der Waals surface area contributed by atoms with Crippen LogP contribution in [-0.2, 0) is 13.6 Å². The van der Waals surface area contributed by atoms with E-state index in [4.69, 9.17) is 5.11 Å². The van der Waals surface area contributed by atoms with Crippen LogP contribution in [0.3, 0.4) is 0 Å². The topological polar surface area (TPSA) is 224 Å². The van der Waals surface area contributed by atoms with Crippen molar-refractivity contribution in [1.82, 2.24) is 29.1 Å². The van der Waals surface area contributed by atoms with E-state index in [1.807, 2.05) is 9.97 Å². The summed E-state index contributed by atoms with van der Waals surface area (Å²) in [6.07, 6.45) is -1.30. The minimum Gasteiger partial charge on any atom is -0.493 e. The maximum absolute atomic E-state index is 12.2. The smallest absolute Gasteiger partial charge is 0.329 e. The number of aliphatic hydroxyl groups excluding tert-OH is 2. The summed E-state index contributed by atoms with van der Waals surface area (Å²) >= 11 is 0. The number of aromatic hydroxyl groups is 1. The first-order valence-corrected chi connectivity index (χ1v) is 7.68. The van der Waals surface area contributed by atoms with Crippen molar-refractivity contribution in [3.05, 3.63) is 41.7 Å². The molecule has 3 aromatic rings. The number of nitrogens with zero attached hydrogens (tertiary/aromatic N) is 5. The maximum atomic E-state index is 12.2. The summed E-state index contributed by atoms with van der Waals surface area (Å²) < 4.78 is 2.09. The van der Waals surface area contributed by atoms with Crippen molar-refractivity contribution < 1.29 is 15.3 Å². The fraction of sp³-hybridized carbons (Fsp3) is 0.308. The Morgan fingerprint density at radius 2 is 1.82 bits per heavy atom. The molecule has 0 saturated carbocycles. The van der Waals surface area contributed by atoms with Gasteiger partial charge < -0.3 is 15.3 Å². The zero-order valence-corrected chi connectivity index (χ0v) is 14.2. The third-order valence-electron chi connectivity index (χ3n) is 3.73. The summed E-state index contributed by atoms with van der Waals surface area (Å²) in [5.74, 6) is -1.15.